The lowest BCUT2D eigenvalue weighted by Gasteiger charge is -2.33. The molecule has 0 unspecified atom stereocenters. The maximum atomic E-state index is 13.6. The molecule has 4 atom stereocenters. The summed E-state index contributed by atoms with van der Waals surface area (Å²) in [6.07, 6.45) is -3.02. The van der Waals surface area contributed by atoms with Crippen LogP contribution < -0.4 is 5.73 Å². The molecule has 1 aliphatic heterocycles. The van der Waals surface area contributed by atoms with E-state index in [2.05, 4.69) is 15.0 Å². The van der Waals surface area contributed by atoms with Crippen LogP contribution in [0.3, 0.4) is 0 Å². The van der Waals surface area contributed by atoms with E-state index in [0.29, 0.717) is 0 Å². The molecule has 0 radical (unpaired) electrons. The third kappa shape index (κ3) is 2.82. The number of hydrogen-bond donors (Lipinski definition) is 5. The maximum absolute atomic E-state index is 13.6. The molecule has 30 heavy (non-hydrogen) atoms. The molecule has 0 aliphatic carbocycles. The average Bonchev–Trinajstić information content (AvgIpc) is 3.25. The number of imidazole rings is 1. The number of phenols is 1. The first kappa shape index (κ1) is 20.4. The number of aromatic hydroxyl groups is 1. The lowest BCUT2D eigenvalue weighted by atomic mass is 10.1. The van der Waals surface area contributed by atoms with E-state index in [1.165, 1.54) is 24.3 Å². The molecule has 3 aromatic rings. The van der Waals surface area contributed by atoms with E-state index in [1.807, 2.05) is 0 Å². The van der Waals surface area contributed by atoms with Crippen molar-refractivity contribution in [3.63, 3.8) is 0 Å². The molecule has 3 heterocycles. The van der Waals surface area contributed by atoms with Crippen LogP contribution in [0.15, 0.2) is 36.9 Å². The van der Waals surface area contributed by atoms with Crippen molar-refractivity contribution in [1.82, 2.24) is 19.5 Å². The number of anilines is 1. The van der Waals surface area contributed by atoms with Crippen LogP contribution >= 0.6 is 0 Å². The number of benzene rings is 1. The van der Waals surface area contributed by atoms with Crippen molar-refractivity contribution >= 4 is 26.8 Å². The lowest BCUT2D eigenvalue weighted by molar-refractivity contribution is -0.0843. The standard InChI is InChI=1S/C17H19N5O7S/c18-15-12-16(20-7-19-15)22(8-21-12)17(14(26)13(25)11(5-23)29-17)30(27,28)6-9-3-1-2-4-10(9)24/h1-4,7-8,11,13-14,23-26H,5-6H2,(H2,18,19,20)/t11-,13-,14-,17+/m1/s1. The minimum absolute atomic E-state index is 0.0289. The summed E-state index contributed by atoms with van der Waals surface area (Å²) in [6.45, 7) is -0.754. The molecule has 13 heteroatoms. The summed E-state index contributed by atoms with van der Waals surface area (Å²) >= 11 is 0. The second kappa shape index (κ2) is 7.14. The summed E-state index contributed by atoms with van der Waals surface area (Å²) in [5.41, 5.74) is 5.83. The topological polar surface area (TPSA) is 194 Å². The van der Waals surface area contributed by atoms with Crippen LogP contribution in [0.5, 0.6) is 5.75 Å². The van der Waals surface area contributed by atoms with E-state index in [9.17, 15) is 28.8 Å². The van der Waals surface area contributed by atoms with Gasteiger partial charge in [0.25, 0.3) is 5.06 Å². The van der Waals surface area contributed by atoms with Gasteiger partial charge in [-0.3, -0.25) is 4.57 Å². The number of sulfone groups is 1. The Morgan fingerprint density at radius 3 is 2.60 bits per heavy atom. The van der Waals surface area contributed by atoms with E-state index in [4.69, 9.17) is 10.5 Å². The van der Waals surface area contributed by atoms with Crippen molar-refractivity contribution in [2.75, 3.05) is 12.3 Å². The molecule has 4 rings (SSSR count). The van der Waals surface area contributed by atoms with Gasteiger partial charge in [0.15, 0.2) is 11.5 Å². The fourth-order valence-corrected chi connectivity index (χ4v) is 5.62. The van der Waals surface area contributed by atoms with Crippen molar-refractivity contribution in [1.29, 1.82) is 0 Å². The van der Waals surface area contributed by atoms with E-state index in [1.54, 1.807) is 0 Å². The van der Waals surface area contributed by atoms with Crippen molar-refractivity contribution in [2.24, 2.45) is 0 Å². The highest BCUT2D eigenvalue weighted by Crippen LogP contribution is 2.43. The summed E-state index contributed by atoms with van der Waals surface area (Å²) < 4.78 is 33.8. The molecule has 160 valence electrons. The third-order valence-electron chi connectivity index (χ3n) is 5.06. The average molecular weight is 437 g/mol. The Balaban J connectivity index is 1.95. The Morgan fingerprint density at radius 1 is 1.20 bits per heavy atom. The predicted molar refractivity (Wildman–Crippen MR) is 102 cm³/mol. The number of aromatic nitrogens is 4. The Kier molecular flexibility index (Phi) is 4.86. The van der Waals surface area contributed by atoms with Gasteiger partial charge in [0.2, 0.25) is 9.84 Å². The van der Waals surface area contributed by atoms with Crippen LogP contribution in [0.1, 0.15) is 5.56 Å². The van der Waals surface area contributed by atoms with Gasteiger partial charge in [-0.25, -0.2) is 23.4 Å². The quantitative estimate of drug-likeness (QED) is 0.310. The van der Waals surface area contributed by atoms with Crippen LogP contribution in [-0.2, 0) is 25.4 Å². The van der Waals surface area contributed by atoms with Gasteiger partial charge in [0.1, 0.15) is 42.2 Å². The van der Waals surface area contributed by atoms with Crippen molar-refractivity contribution in [3.05, 3.63) is 42.5 Å². The smallest absolute Gasteiger partial charge is 0.281 e. The highest BCUT2D eigenvalue weighted by Gasteiger charge is 2.64. The number of ether oxygens (including phenoxy) is 1. The van der Waals surface area contributed by atoms with Crippen molar-refractivity contribution < 1.29 is 33.6 Å². The Morgan fingerprint density at radius 2 is 1.93 bits per heavy atom. The van der Waals surface area contributed by atoms with Crippen LogP contribution in [0.25, 0.3) is 11.2 Å². The Bertz CT molecular complexity index is 1200. The summed E-state index contributed by atoms with van der Waals surface area (Å²) in [4.78, 5) is 11.8. The number of hydrogen-bond acceptors (Lipinski definition) is 11. The van der Waals surface area contributed by atoms with Crippen molar-refractivity contribution in [2.45, 2.75) is 29.1 Å². The van der Waals surface area contributed by atoms with Gasteiger partial charge in [-0.1, -0.05) is 18.2 Å². The first-order chi connectivity index (χ1) is 14.2. The van der Waals surface area contributed by atoms with E-state index in [0.717, 1.165) is 17.2 Å². The first-order valence-electron chi connectivity index (χ1n) is 8.81. The van der Waals surface area contributed by atoms with Gasteiger partial charge in [-0.15, -0.1) is 0 Å². The van der Waals surface area contributed by atoms with E-state index in [-0.39, 0.29) is 28.3 Å². The van der Waals surface area contributed by atoms with E-state index >= 15 is 0 Å². The van der Waals surface area contributed by atoms with Crippen LogP contribution in [-0.4, -0.2) is 73.3 Å². The molecule has 6 N–H and O–H groups in total. The third-order valence-corrected chi connectivity index (χ3v) is 7.18. The molecular formula is C17H19N5O7S. The van der Waals surface area contributed by atoms with Gasteiger partial charge in [-0.05, 0) is 6.07 Å². The number of nitrogens with two attached hydrogens (primary N) is 1. The number of nitrogen functional groups attached to an aromatic ring is 1. The fourth-order valence-electron chi connectivity index (χ4n) is 3.55. The zero-order valence-corrected chi connectivity index (χ0v) is 16.2. The van der Waals surface area contributed by atoms with Crippen LogP contribution in [0, 0.1) is 0 Å². The first-order valence-corrected chi connectivity index (χ1v) is 10.5. The van der Waals surface area contributed by atoms with Crippen LogP contribution in [0.4, 0.5) is 5.82 Å². The second-order valence-corrected chi connectivity index (χ2v) is 8.94. The summed E-state index contributed by atoms with van der Waals surface area (Å²) in [5.74, 6) is -1.05. The van der Waals surface area contributed by atoms with Gasteiger partial charge in [0.05, 0.1) is 12.4 Å². The normalized spacial score (nSPS) is 27.0. The number of phenolic OH excluding ortho intramolecular Hbond substituents is 1. The molecule has 0 saturated carbocycles. The summed E-state index contributed by atoms with van der Waals surface area (Å²) in [6, 6.07) is 5.77. The van der Waals surface area contributed by atoms with Gasteiger partial charge < -0.3 is 30.9 Å². The minimum atomic E-state index is -4.53. The summed E-state index contributed by atoms with van der Waals surface area (Å²) in [5, 5.41) is 38.2. The second-order valence-electron chi connectivity index (χ2n) is 6.84. The van der Waals surface area contributed by atoms with E-state index < -0.39 is 45.6 Å². The number of aliphatic hydroxyl groups is 3. The molecule has 1 aromatic carbocycles. The minimum Gasteiger partial charge on any atom is -0.508 e. The Labute approximate surface area is 170 Å². The largest absolute Gasteiger partial charge is 0.508 e. The molecule has 1 aliphatic rings. The van der Waals surface area contributed by atoms with Gasteiger partial charge in [0, 0.05) is 5.56 Å². The predicted octanol–water partition coefficient (Wildman–Crippen LogP) is -1.55. The molecule has 0 bridgehead atoms. The molecule has 1 saturated heterocycles. The SMILES string of the molecule is Nc1ncnc2c1ncn2[C@]1(S(=O)(=O)Cc2ccccc2O)O[C@H](CO)[C@@H](O)[C@H]1O. The zero-order chi connectivity index (χ0) is 21.7. The Hall–Kier alpha value is -2.84. The number of para-hydroxylation sites is 1. The number of nitrogens with zero attached hydrogens (tertiary/aromatic N) is 4. The molecule has 2 aromatic heterocycles. The summed E-state index contributed by atoms with van der Waals surface area (Å²) in [7, 11) is -4.53. The molecular weight excluding hydrogens is 418 g/mol. The number of aliphatic hydroxyl groups excluding tert-OH is 3. The molecule has 0 amide bonds. The molecule has 12 nitrogen and oxygen atoms in total. The monoisotopic (exact) mass is 437 g/mol. The highest BCUT2D eigenvalue weighted by atomic mass is 32.2. The molecule has 0 spiro atoms. The maximum Gasteiger partial charge on any atom is 0.281 e. The number of fused-ring (bicyclic) bond motifs is 1. The lowest BCUT2D eigenvalue weighted by Crippen LogP contribution is -2.52. The number of rotatable bonds is 5. The highest BCUT2D eigenvalue weighted by molar-refractivity contribution is 7.91. The van der Waals surface area contributed by atoms with Gasteiger partial charge in [-0.2, -0.15) is 0 Å². The van der Waals surface area contributed by atoms with Gasteiger partial charge >= 0.3 is 0 Å². The zero-order valence-electron chi connectivity index (χ0n) is 15.4. The van der Waals surface area contributed by atoms with Crippen LogP contribution in [0.2, 0.25) is 0 Å². The fraction of sp³-hybridized carbons (Fsp3) is 0.353. The van der Waals surface area contributed by atoms with Crippen molar-refractivity contribution in [3.8, 4) is 5.75 Å². The molecule has 1 fully saturated rings.